The molecular weight excluding hydrogens is 108 g/mol. The van der Waals surface area contributed by atoms with Gasteiger partial charge >= 0.3 is 6.41 Å². The van der Waals surface area contributed by atoms with E-state index in [0.717, 1.165) is 0 Å². The standard InChI is InChI=1S/C3H3N4O/c4-1-6-3(5)7-2-8/h(H3,5,6,7,8). The number of nitrogens with two attached hydrogens (primary N) is 1. The lowest BCUT2D eigenvalue weighted by Gasteiger charge is -1.85. The van der Waals surface area contributed by atoms with E-state index in [1.165, 1.54) is 12.6 Å². The predicted molar refractivity (Wildman–Crippen MR) is 26.1 cm³/mol. The van der Waals surface area contributed by atoms with Gasteiger partial charge in [-0.25, -0.2) is 0 Å². The van der Waals surface area contributed by atoms with Crippen LogP contribution in [0.2, 0.25) is 0 Å². The first-order valence-corrected chi connectivity index (χ1v) is 1.66. The molecule has 0 aliphatic rings. The van der Waals surface area contributed by atoms with Crippen molar-refractivity contribution in [2.75, 3.05) is 0 Å². The first-order valence-electron chi connectivity index (χ1n) is 1.66. The lowest BCUT2D eigenvalue weighted by atomic mass is 10.9. The third kappa shape index (κ3) is 2.66. The average molecular weight is 111 g/mol. The maximum atomic E-state index is 9.38. The van der Waals surface area contributed by atoms with E-state index < -0.39 is 0 Å². The number of aliphatic imine (C=N–C) groups is 1. The van der Waals surface area contributed by atoms with E-state index in [4.69, 9.17) is 11.0 Å². The van der Waals surface area contributed by atoms with Crippen molar-refractivity contribution in [3.63, 3.8) is 0 Å². The molecule has 5 heteroatoms. The molecule has 8 heavy (non-hydrogen) atoms. The van der Waals surface area contributed by atoms with Gasteiger partial charge in [0.05, 0.1) is 0 Å². The van der Waals surface area contributed by atoms with Gasteiger partial charge in [-0.15, -0.1) is 4.99 Å². The Morgan fingerprint density at radius 3 is 2.88 bits per heavy atom. The molecule has 0 unspecified atom stereocenters. The normalized spacial score (nSPS) is 9.62. The van der Waals surface area contributed by atoms with Gasteiger partial charge in [-0.3, -0.25) is 10.1 Å². The number of hydrogen-bond acceptors (Lipinski definition) is 3. The van der Waals surface area contributed by atoms with E-state index in [-0.39, 0.29) is 5.96 Å². The number of guanidine groups is 1. The fourth-order valence-corrected chi connectivity index (χ4v) is 0.134. The summed E-state index contributed by atoms with van der Waals surface area (Å²) in [6.45, 7) is 0. The molecule has 3 N–H and O–H groups in total. The van der Waals surface area contributed by atoms with Crippen LogP contribution in [0.4, 0.5) is 0 Å². The second-order valence-corrected chi connectivity index (χ2v) is 0.824. The van der Waals surface area contributed by atoms with E-state index in [1.807, 2.05) is 5.32 Å². The molecule has 0 aromatic carbocycles. The summed E-state index contributed by atoms with van der Waals surface area (Å²) in [7, 11) is 0. The Bertz CT molecular complexity index is 144. The summed E-state index contributed by atoms with van der Waals surface area (Å²) in [5.41, 5.74) is 4.85. The SMILES string of the molecule is N#C/N=C(/N)N[C]=O. The van der Waals surface area contributed by atoms with Crippen molar-refractivity contribution in [3.8, 4) is 6.19 Å². The lowest BCUT2D eigenvalue weighted by molar-refractivity contribution is 0.552. The minimum absolute atomic E-state index is 0.248. The fraction of sp³-hybridized carbons (Fsp3) is 0. The van der Waals surface area contributed by atoms with Gasteiger partial charge in [0.25, 0.3) is 0 Å². The van der Waals surface area contributed by atoms with E-state index in [0.29, 0.717) is 0 Å². The highest BCUT2D eigenvalue weighted by atomic mass is 16.1. The van der Waals surface area contributed by atoms with Crippen molar-refractivity contribution >= 4 is 12.4 Å². The van der Waals surface area contributed by atoms with Crippen LogP contribution in [0.15, 0.2) is 4.99 Å². The van der Waals surface area contributed by atoms with Crippen LogP contribution in [-0.4, -0.2) is 12.4 Å². The molecule has 0 heterocycles. The second kappa shape index (κ2) is 3.61. The molecule has 1 amide bonds. The Morgan fingerprint density at radius 2 is 2.50 bits per heavy atom. The number of rotatable bonds is 1. The van der Waals surface area contributed by atoms with Crippen LogP contribution in [0.25, 0.3) is 0 Å². The van der Waals surface area contributed by atoms with Crippen LogP contribution >= 0.6 is 0 Å². The van der Waals surface area contributed by atoms with Crippen molar-refractivity contribution < 1.29 is 4.79 Å². The molecule has 0 aliphatic carbocycles. The number of nitrogens with zero attached hydrogens (tertiary/aromatic N) is 2. The summed E-state index contributed by atoms with van der Waals surface area (Å²) >= 11 is 0. The highest BCUT2D eigenvalue weighted by molar-refractivity contribution is 5.87. The molecule has 0 saturated carbocycles. The highest BCUT2D eigenvalue weighted by Gasteiger charge is 1.82. The van der Waals surface area contributed by atoms with E-state index in [1.54, 1.807) is 0 Å². The maximum absolute atomic E-state index is 9.38. The van der Waals surface area contributed by atoms with Crippen molar-refractivity contribution in [3.05, 3.63) is 0 Å². The van der Waals surface area contributed by atoms with Crippen LogP contribution < -0.4 is 11.1 Å². The zero-order valence-electron chi connectivity index (χ0n) is 3.88. The van der Waals surface area contributed by atoms with Crippen LogP contribution in [0.5, 0.6) is 0 Å². The van der Waals surface area contributed by atoms with Gasteiger partial charge in [-0.2, -0.15) is 5.26 Å². The van der Waals surface area contributed by atoms with Crippen LogP contribution in [-0.2, 0) is 4.79 Å². The first kappa shape index (κ1) is 6.43. The third-order valence-electron chi connectivity index (χ3n) is 0.350. The van der Waals surface area contributed by atoms with Crippen molar-refractivity contribution in [2.45, 2.75) is 0 Å². The van der Waals surface area contributed by atoms with Crippen LogP contribution in [0.1, 0.15) is 0 Å². The summed E-state index contributed by atoms with van der Waals surface area (Å²) in [4.78, 5) is 12.3. The second-order valence-electron chi connectivity index (χ2n) is 0.824. The Hall–Kier alpha value is -1.57. The molecule has 0 atom stereocenters. The van der Waals surface area contributed by atoms with E-state index >= 15 is 0 Å². The van der Waals surface area contributed by atoms with Crippen LogP contribution in [0.3, 0.4) is 0 Å². The Kier molecular flexibility index (Phi) is 2.90. The molecule has 0 aromatic heterocycles. The molecule has 0 aromatic rings. The topological polar surface area (TPSA) is 91.3 Å². The fourth-order valence-electron chi connectivity index (χ4n) is 0.134. The molecule has 1 radical (unpaired) electrons. The minimum atomic E-state index is -0.248. The molecule has 0 bridgehead atoms. The Balaban J connectivity index is 3.65. The van der Waals surface area contributed by atoms with Crippen molar-refractivity contribution in [1.29, 1.82) is 5.26 Å². The third-order valence-corrected chi connectivity index (χ3v) is 0.350. The minimum Gasteiger partial charge on any atom is -0.369 e. The molecular formula is C3H3N4O. The number of nitriles is 1. The predicted octanol–water partition coefficient (Wildman–Crippen LogP) is -1.56. The van der Waals surface area contributed by atoms with Gasteiger partial charge in [-0.1, -0.05) is 0 Å². The molecule has 0 saturated heterocycles. The Morgan fingerprint density at radius 1 is 1.88 bits per heavy atom. The molecule has 0 spiro atoms. The first-order chi connectivity index (χ1) is 3.81. The van der Waals surface area contributed by atoms with E-state index in [9.17, 15) is 4.79 Å². The van der Waals surface area contributed by atoms with E-state index in [2.05, 4.69) is 4.99 Å². The van der Waals surface area contributed by atoms with Crippen molar-refractivity contribution in [1.82, 2.24) is 5.32 Å². The van der Waals surface area contributed by atoms with Gasteiger partial charge in [-0.05, 0) is 0 Å². The average Bonchev–Trinajstić information content (AvgIpc) is 1.68. The maximum Gasteiger partial charge on any atom is 0.316 e. The zero-order valence-corrected chi connectivity index (χ0v) is 3.88. The summed E-state index contributed by atoms with van der Waals surface area (Å²) in [6, 6.07) is 0. The molecule has 0 aliphatic heterocycles. The van der Waals surface area contributed by atoms with Crippen molar-refractivity contribution in [2.24, 2.45) is 10.7 Å². The number of nitrogens with one attached hydrogen (secondary N) is 1. The number of hydrogen-bond donors (Lipinski definition) is 2. The smallest absolute Gasteiger partial charge is 0.316 e. The zero-order chi connectivity index (χ0) is 6.41. The van der Waals surface area contributed by atoms with Gasteiger partial charge in [0.15, 0.2) is 0 Å². The monoisotopic (exact) mass is 111 g/mol. The molecule has 5 nitrogen and oxygen atoms in total. The Labute approximate surface area is 45.8 Å². The lowest BCUT2D eigenvalue weighted by Crippen LogP contribution is -2.29. The largest absolute Gasteiger partial charge is 0.369 e. The molecule has 0 rings (SSSR count). The van der Waals surface area contributed by atoms with Gasteiger partial charge in [0.1, 0.15) is 0 Å². The summed E-state index contributed by atoms with van der Waals surface area (Å²) in [5.74, 6) is -0.248. The summed E-state index contributed by atoms with van der Waals surface area (Å²) < 4.78 is 0. The molecule has 41 valence electrons. The molecule has 0 fully saturated rings. The van der Waals surface area contributed by atoms with Gasteiger partial charge in [0, 0.05) is 0 Å². The highest BCUT2D eigenvalue weighted by Crippen LogP contribution is 1.55. The summed E-state index contributed by atoms with van der Waals surface area (Å²) in [6.07, 6.45) is 2.62. The van der Waals surface area contributed by atoms with Gasteiger partial charge in [0.2, 0.25) is 12.2 Å². The number of carbonyl (C=O) groups excluding carboxylic acids is 1. The quantitative estimate of drug-likeness (QED) is 0.185. The van der Waals surface area contributed by atoms with Crippen LogP contribution in [0, 0.1) is 11.5 Å². The summed E-state index contributed by atoms with van der Waals surface area (Å²) in [5, 5.41) is 9.62. The van der Waals surface area contributed by atoms with Gasteiger partial charge < -0.3 is 5.73 Å². The number of amides is 1.